The van der Waals surface area contributed by atoms with E-state index in [1.165, 1.54) is 7.05 Å². The number of fused-ring (bicyclic) bond motifs is 3. The highest BCUT2D eigenvalue weighted by Gasteiger charge is 2.33. The fourth-order valence-corrected chi connectivity index (χ4v) is 4.42. The first-order valence-corrected chi connectivity index (χ1v) is 12.4. The van der Waals surface area contributed by atoms with Crippen molar-refractivity contribution in [3.05, 3.63) is 58.7 Å². The number of nitrogens with two attached hydrogens (primary N) is 1. The minimum atomic E-state index is -0.495. The van der Waals surface area contributed by atoms with Gasteiger partial charge in [0.1, 0.15) is 6.61 Å². The van der Waals surface area contributed by atoms with Crippen LogP contribution in [0.1, 0.15) is 65.6 Å². The van der Waals surface area contributed by atoms with Crippen LogP contribution in [0.15, 0.2) is 36.4 Å². The van der Waals surface area contributed by atoms with E-state index >= 15 is 0 Å². The van der Waals surface area contributed by atoms with E-state index in [0.717, 1.165) is 47.1 Å². The number of amides is 3. The lowest BCUT2D eigenvalue weighted by Crippen LogP contribution is -2.26. The van der Waals surface area contributed by atoms with Crippen molar-refractivity contribution in [3.8, 4) is 11.1 Å². The first kappa shape index (κ1) is 26.2. The van der Waals surface area contributed by atoms with Crippen LogP contribution in [0.25, 0.3) is 11.1 Å². The third-order valence-electron chi connectivity index (χ3n) is 6.17. The van der Waals surface area contributed by atoms with Crippen LogP contribution in [0.4, 0.5) is 4.79 Å². The van der Waals surface area contributed by atoms with Crippen molar-refractivity contribution in [2.24, 2.45) is 5.73 Å². The molecule has 0 saturated carbocycles. The molecule has 1 aliphatic carbocycles. The number of carbonyl (C=O) groups excluding carboxylic acids is 3. The molecular formula is C27H36N4O4. The molecule has 0 heterocycles. The van der Waals surface area contributed by atoms with Crippen LogP contribution in [0.5, 0.6) is 0 Å². The number of ether oxygens (including phenoxy) is 1. The highest BCUT2D eigenvalue weighted by atomic mass is 16.5. The summed E-state index contributed by atoms with van der Waals surface area (Å²) in [7, 11) is 1.53. The molecule has 35 heavy (non-hydrogen) atoms. The quantitative estimate of drug-likeness (QED) is 0.348. The molecule has 5 N–H and O–H groups in total. The molecule has 0 aromatic heterocycles. The SMILES string of the molecule is CCCNC(=O)CCCc1ccc2c(c1)C(COC(=O)NC)c1cccc(C(=O)NCCCN)c1-2. The zero-order valence-corrected chi connectivity index (χ0v) is 20.6. The van der Waals surface area contributed by atoms with Gasteiger partial charge in [-0.15, -0.1) is 0 Å². The van der Waals surface area contributed by atoms with E-state index < -0.39 is 6.09 Å². The van der Waals surface area contributed by atoms with E-state index in [-0.39, 0.29) is 24.3 Å². The van der Waals surface area contributed by atoms with E-state index in [0.29, 0.717) is 38.0 Å². The fourth-order valence-electron chi connectivity index (χ4n) is 4.42. The highest BCUT2D eigenvalue weighted by molar-refractivity contribution is 6.03. The number of carbonyl (C=O) groups is 3. The molecule has 2 aromatic carbocycles. The summed E-state index contributed by atoms with van der Waals surface area (Å²) in [5.74, 6) is -0.249. The number of rotatable bonds is 12. The second kappa shape index (κ2) is 12.9. The average molecular weight is 481 g/mol. The Kier molecular flexibility index (Phi) is 9.66. The molecule has 0 fully saturated rings. The number of hydrogen-bond donors (Lipinski definition) is 4. The molecule has 1 unspecified atom stereocenters. The predicted octanol–water partition coefficient (Wildman–Crippen LogP) is 3.08. The molecule has 3 amide bonds. The van der Waals surface area contributed by atoms with Gasteiger partial charge in [0.25, 0.3) is 5.91 Å². The second-order valence-corrected chi connectivity index (χ2v) is 8.69. The Morgan fingerprint density at radius 3 is 2.60 bits per heavy atom. The lowest BCUT2D eigenvalue weighted by atomic mass is 9.95. The molecule has 8 nitrogen and oxygen atoms in total. The van der Waals surface area contributed by atoms with Crippen molar-refractivity contribution in [2.45, 2.75) is 44.9 Å². The lowest BCUT2D eigenvalue weighted by Gasteiger charge is -2.15. The van der Waals surface area contributed by atoms with Gasteiger partial charge >= 0.3 is 6.09 Å². The van der Waals surface area contributed by atoms with E-state index in [1.54, 1.807) is 0 Å². The highest BCUT2D eigenvalue weighted by Crippen LogP contribution is 2.47. The van der Waals surface area contributed by atoms with Gasteiger partial charge in [0.15, 0.2) is 0 Å². The van der Waals surface area contributed by atoms with Gasteiger partial charge in [0.2, 0.25) is 5.91 Å². The third kappa shape index (κ3) is 6.60. The maximum absolute atomic E-state index is 13.0. The maximum Gasteiger partial charge on any atom is 0.406 e. The smallest absolute Gasteiger partial charge is 0.406 e. The monoisotopic (exact) mass is 480 g/mol. The van der Waals surface area contributed by atoms with Crippen molar-refractivity contribution in [2.75, 3.05) is 33.3 Å². The Morgan fingerprint density at radius 2 is 1.86 bits per heavy atom. The Bertz CT molecular complexity index is 1050. The second-order valence-electron chi connectivity index (χ2n) is 8.69. The summed E-state index contributed by atoms with van der Waals surface area (Å²) in [6.45, 7) is 3.92. The Labute approximate surface area is 207 Å². The zero-order valence-electron chi connectivity index (χ0n) is 20.6. The Morgan fingerprint density at radius 1 is 1.03 bits per heavy atom. The van der Waals surface area contributed by atoms with Crippen molar-refractivity contribution >= 4 is 17.9 Å². The summed E-state index contributed by atoms with van der Waals surface area (Å²) in [6.07, 6.45) is 3.12. The molecule has 188 valence electrons. The third-order valence-corrected chi connectivity index (χ3v) is 6.17. The largest absolute Gasteiger partial charge is 0.449 e. The zero-order chi connectivity index (χ0) is 25.2. The van der Waals surface area contributed by atoms with Crippen molar-refractivity contribution < 1.29 is 19.1 Å². The number of aryl methyl sites for hydroxylation is 1. The van der Waals surface area contributed by atoms with Crippen LogP contribution >= 0.6 is 0 Å². The normalized spacial score (nSPS) is 13.5. The summed E-state index contributed by atoms with van der Waals surface area (Å²) in [4.78, 5) is 36.7. The minimum absolute atomic E-state index is 0.0718. The maximum atomic E-state index is 13.0. The van der Waals surface area contributed by atoms with Gasteiger partial charge in [-0.3, -0.25) is 9.59 Å². The van der Waals surface area contributed by atoms with E-state index in [4.69, 9.17) is 10.5 Å². The van der Waals surface area contributed by atoms with E-state index in [2.05, 4.69) is 28.1 Å². The first-order valence-electron chi connectivity index (χ1n) is 12.4. The van der Waals surface area contributed by atoms with Crippen molar-refractivity contribution in [1.29, 1.82) is 0 Å². The van der Waals surface area contributed by atoms with Gasteiger partial charge in [0, 0.05) is 38.0 Å². The molecule has 3 rings (SSSR count). The van der Waals surface area contributed by atoms with Gasteiger partial charge in [0.05, 0.1) is 0 Å². The Hall–Kier alpha value is -3.39. The lowest BCUT2D eigenvalue weighted by molar-refractivity contribution is -0.121. The molecule has 0 spiro atoms. The average Bonchev–Trinajstić information content (AvgIpc) is 3.18. The van der Waals surface area contributed by atoms with Gasteiger partial charge in [-0.1, -0.05) is 37.3 Å². The number of benzene rings is 2. The Balaban J connectivity index is 1.86. The molecule has 8 heteroatoms. The van der Waals surface area contributed by atoms with Crippen LogP contribution in [0.3, 0.4) is 0 Å². The molecular weight excluding hydrogens is 444 g/mol. The van der Waals surface area contributed by atoms with Crippen LogP contribution in [0.2, 0.25) is 0 Å². The topological polar surface area (TPSA) is 123 Å². The number of hydrogen-bond acceptors (Lipinski definition) is 5. The van der Waals surface area contributed by atoms with Crippen LogP contribution in [-0.4, -0.2) is 51.2 Å². The predicted molar refractivity (Wildman–Crippen MR) is 136 cm³/mol. The van der Waals surface area contributed by atoms with Crippen LogP contribution < -0.4 is 21.7 Å². The van der Waals surface area contributed by atoms with Gasteiger partial charge in [-0.25, -0.2) is 4.79 Å². The molecule has 2 aromatic rings. The van der Waals surface area contributed by atoms with Gasteiger partial charge in [-0.2, -0.15) is 0 Å². The van der Waals surface area contributed by atoms with Gasteiger partial charge < -0.3 is 26.4 Å². The van der Waals surface area contributed by atoms with Gasteiger partial charge in [-0.05, 0) is 66.1 Å². The summed E-state index contributed by atoms with van der Waals surface area (Å²) < 4.78 is 5.44. The van der Waals surface area contributed by atoms with Crippen molar-refractivity contribution in [1.82, 2.24) is 16.0 Å². The van der Waals surface area contributed by atoms with Crippen LogP contribution in [0, 0.1) is 0 Å². The van der Waals surface area contributed by atoms with E-state index in [1.807, 2.05) is 31.2 Å². The molecule has 0 aliphatic heterocycles. The van der Waals surface area contributed by atoms with Crippen molar-refractivity contribution in [3.63, 3.8) is 0 Å². The summed E-state index contributed by atoms with van der Waals surface area (Å²) >= 11 is 0. The number of alkyl carbamates (subject to hydrolysis) is 1. The van der Waals surface area contributed by atoms with E-state index in [9.17, 15) is 14.4 Å². The number of nitrogens with one attached hydrogen (secondary N) is 3. The minimum Gasteiger partial charge on any atom is -0.449 e. The molecule has 1 aliphatic rings. The summed E-state index contributed by atoms with van der Waals surface area (Å²) in [6, 6.07) is 11.9. The standard InChI is InChI=1S/C27H36N4O4/c1-3-14-30-24(32)10-4-7-18-11-12-20-22(16-18)23(17-35-27(34)29-2)19-8-5-9-21(25(19)20)26(33)31-15-6-13-28/h5,8-9,11-12,16,23H,3-4,6-7,10,13-15,17,28H2,1-2H3,(H,29,34)(H,30,32)(H,31,33). The molecule has 0 radical (unpaired) electrons. The molecule has 0 saturated heterocycles. The fraction of sp³-hybridized carbons (Fsp3) is 0.444. The summed E-state index contributed by atoms with van der Waals surface area (Å²) in [5.41, 5.74) is 11.1. The summed E-state index contributed by atoms with van der Waals surface area (Å²) in [5, 5.41) is 8.34. The van der Waals surface area contributed by atoms with Crippen LogP contribution in [-0.2, 0) is 16.0 Å². The molecule has 1 atom stereocenters. The molecule has 0 bridgehead atoms. The first-order chi connectivity index (χ1) is 17.0.